The molecule has 0 aromatic carbocycles. The van der Waals surface area contributed by atoms with Crippen LogP contribution in [-0.2, 0) is 4.74 Å². The van der Waals surface area contributed by atoms with Gasteiger partial charge >= 0.3 is 0 Å². The molecule has 21 heavy (non-hydrogen) atoms. The summed E-state index contributed by atoms with van der Waals surface area (Å²) < 4.78 is 5.95. The van der Waals surface area contributed by atoms with Crippen LogP contribution in [0, 0.1) is 0 Å². The molecule has 0 aliphatic carbocycles. The van der Waals surface area contributed by atoms with E-state index in [0.717, 1.165) is 31.4 Å². The minimum Gasteiger partial charge on any atom is -0.387 e. The van der Waals surface area contributed by atoms with Crippen LogP contribution >= 0.6 is 0 Å². The number of carbonyl (C=O) groups is 1. The van der Waals surface area contributed by atoms with Gasteiger partial charge in [-0.2, -0.15) is 0 Å². The third kappa shape index (κ3) is 3.53. The van der Waals surface area contributed by atoms with Crippen LogP contribution in [0.5, 0.6) is 0 Å². The molecule has 1 atom stereocenters. The van der Waals surface area contributed by atoms with Gasteiger partial charge in [0.1, 0.15) is 0 Å². The molecule has 1 amide bonds. The maximum Gasteiger partial charge on any atom is 0.255 e. The van der Waals surface area contributed by atoms with Crippen molar-refractivity contribution in [2.45, 2.75) is 51.2 Å². The largest absolute Gasteiger partial charge is 0.387 e. The van der Waals surface area contributed by atoms with Crippen molar-refractivity contribution in [3.8, 4) is 0 Å². The minimum absolute atomic E-state index is 0.0690. The van der Waals surface area contributed by atoms with E-state index in [1.165, 1.54) is 0 Å². The van der Waals surface area contributed by atoms with E-state index >= 15 is 0 Å². The number of amides is 1. The molecule has 1 aliphatic heterocycles. The zero-order chi connectivity index (χ0) is 15.3. The second-order valence-corrected chi connectivity index (χ2v) is 5.57. The number of hydrogen-bond donors (Lipinski definition) is 2. The third-order valence-corrected chi connectivity index (χ3v) is 4.45. The van der Waals surface area contributed by atoms with Crippen molar-refractivity contribution in [3.05, 3.63) is 24.0 Å². The van der Waals surface area contributed by atoms with Gasteiger partial charge in [-0.15, -0.1) is 0 Å². The Labute approximate surface area is 126 Å². The van der Waals surface area contributed by atoms with E-state index in [0.29, 0.717) is 12.2 Å². The van der Waals surface area contributed by atoms with Crippen molar-refractivity contribution >= 4 is 11.6 Å². The maximum absolute atomic E-state index is 12.4. The molecule has 0 radical (unpaired) electrons. The molecule has 1 unspecified atom stereocenters. The van der Waals surface area contributed by atoms with E-state index in [1.807, 2.05) is 0 Å². The second-order valence-electron chi connectivity index (χ2n) is 5.57. The Balaban J connectivity index is 2.05. The van der Waals surface area contributed by atoms with Crippen molar-refractivity contribution in [3.63, 3.8) is 0 Å². The average Bonchev–Trinajstić information content (AvgIpc) is 2.54. The summed E-state index contributed by atoms with van der Waals surface area (Å²) in [4.78, 5) is 16.5. The Hall–Kier alpha value is -1.62. The van der Waals surface area contributed by atoms with Gasteiger partial charge in [-0.3, -0.25) is 9.78 Å². The molecule has 116 valence electrons. The molecule has 2 heterocycles. The Morgan fingerprint density at radius 2 is 2.24 bits per heavy atom. The predicted octanol–water partition coefficient (Wildman–Crippen LogP) is 2.59. The molecule has 1 saturated heterocycles. The van der Waals surface area contributed by atoms with Crippen molar-refractivity contribution in [2.24, 2.45) is 0 Å². The predicted molar refractivity (Wildman–Crippen MR) is 83.5 cm³/mol. The van der Waals surface area contributed by atoms with Gasteiger partial charge < -0.3 is 15.4 Å². The first-order valence-corrected chi connectivity index (χ1v) is 7.70. The van der Waals surface area contributed by atoms with Gasteiger partial charge in [-0.05, 0) is 31.7 Å². The first-order valence-electron chi connectivity index (χ1n) is 7.70. The molecule has 5 heteroatoms. The summed E-state index contributed by atoms with van der Waals surface area (Å²) in [5, 5.41) is 6.16. The standard InChI is InChI=1S/C16H25N3O2/c1-4-16(5-2)10-12(7-9-21-16)19-15(20)13-11-18-8-6-14(13)17-3/h6,8,11-12H,4-5,7,9-10H2,1-3H3,(H,17,18)(H,19,20). The third-order valence-electron chi connectivity index (χ3n) is 4.45. The summed E-state index contributed by atoms with van der Waals surface area (Å²) >= 11 is 0. The van der Waals surface area contributed by atoms with Crippen molar-refractivity contribution in [1.29, 1.82) is 0 Å². The number of ether oxygens (including phenoxy) is 1. The number of pyridine rings is 1. The van der Waals surface area contributed by atoms with E-state index in [1.54, 1.807) is 25.5 Å². The van der Waals surface area contributed by atoms with Crippen LogP contribution in [0.3, 0.4) is 0 Å². The monoisotopic (exact) mass is 291 g/mol. The number of nitrogens with zero attached hydrogens (tertiary/aromatic N) is 1. The number of rotatable bonds is 5. The van der Waals surface area contributed by atoms with E-state index < -0.39 is 0 Å². The molecule has 1 aromatic rings. The van der Waals surface area contributed by atoms with Crippen LogP contribution in [0.1, 0.15) is 49.9 Å². The summed E-state index contributed by atoms with van der Waals surface area (Å²) in [7, 11) is 1.81. The van der Waals surface area contributed by atoms with Crippen molar-refractivity contribution in [2.75, 3.05) is 19.0 Å². The molecule has 5 nitrogen and oxygen atoms in total. The Kier molecular flexibility index (Phi) is 5.17. The average molecular weight is 291 g/mol. The van der Waals surface area contributed by atoms with Crippen LogP contribution in [0.25, 0.3) is 0 Å². The van der Waals surface area contributed by atoms with Gasteiger partial charge in [0.2, 0.25) is 0 Å². The Bertz CT molecular complexity index is 486. The fourth-order valence-electron chi connectivity index (χ4n) is 2.95. The molecule has 0 bridgehead atoms. The van der Waals surface area contributed by atoms with Gasteiger partial charge in [-0.1, -0.05) is 13.8 Å². The number of carbonyl (C=O) groups excluding carboxylic acids is 1. The minimum atomic E-state index is -0.0863. The molecule has 2 rings (SSSR count). The molecule has 1 aliphatic rings. The van der Waals surface area contributed by atoms with Gasteiger partial charge in [0.15, 0.2) is 0 Å². The molecular weight excluding hydrogens is 266 g/mol. The first kappa shape index (κ1) is 15.8. The molecule has 1 fully saturated rings. The lowest BCUT2D eigenvalue weighted by Crippen LogP contribution is -2.48. The summed E-state index contributed by atoms with van der Waals surface area (Å²) in [5.74, 6) is -0.0690. The summed E-state index contributed by atoms with van der Waals surface area (Å²) in [5.41, 5.74) is 1.30. The van der Waals surface area contributed by atoms with Gasteiger partial charge in [0.05, 0.1) is 11.2 Å². The van der Waals surface area contributed by atoms with Crippen molar-refractivity contribution < 1.29 is 9.53 Å². The smallest absolute Gasteiger partial charge is 0.255 e. The van der Waals surface area contributed by atoms with Crippen LogP contribution in [-0.4, -0.2) is 36.2 Å². The lowest BCUT2D eigenvalue weighted by molar-refractivity contribution is -0.0917. The van der Waals surface area contributed by atoms with E-state index in [-0.39, 0.29) is 17.6 Å². The molecule has 0 spiro atoms. The number of nitrogens with one attached hydrogen (secondary N) is 2. The lowest BCUT2D eigenvalue weighted by atomic mass is 9.86. The highest BCUT2D eigenvalue weighted by atomic mass is 16.5. The molecular formula is C16H25N3O2. The highest BCUT2D eigenvalue weighted by molar-refractivity contribution is 5.99. The quantitative estimate of drug-likeness (QED) is 0.875. The normalized spacial score (nSPS) is 20.8. The van der Waals surface area contributed by atoms with Crippen LogP contribution < -0.4 is 10.6 Å². The van der Waals surface area contributed by atoms with E-state index in [2.05, 4.69) is 29.5 Å². The molecule has 1 aromatic heterocycles. The van der Waals surface area contributed by atoms with Gasteiger partial charge in [-0.25, -0.2) is 0 Å². The van der Waals surface area contributed by atoms with Gasteiger partial charge in [0.25, 0.3) is 5.91 Å². The zero-order valence-electron chi connectivity index (χ0n) is 13.1. The topological polar surface area (TPSA) is 63.2 Å². The fraction of sp³-hybridized carbons (Fsp3) is 0.625. The number of anilines is 1. The summed E-state index contributed by atoms with van der Waals surface area (Å²) in [6.45, 7) is 5.00. The van der Waals surface area contributed by atoms with E-state index in [4.69, 9.17) is 4.74 Å². The van der Waals surface area contributed by atoms with E-state index in [9.17, 15) is 4.79 Å². The maximum atomic E-state index is 12.4. The first-order chi connectivity index (χ1) is 10.1. The fourth-order valence-corrected chi connectivity index (χ4v) is 2.95. The van der Waals surface area contributed by atoms with Crippen molar-refractivity contribution in [1.82, 2.24) is 10.3 Å². The summed E-state index contributed by atoms with van der Waals surface area (Å²) in [6, 6.07) is 1.97. The zero-order valence-corrected chi connectivity index (χ0v) is 13.1. The Morgan fingerprint density at radius 3 is 2.90 bits per heavy atom. The molecule has 0 saturated carbocycles. The van der Waals surface area contributed by atoms with Crippen LogP contribution in [0.2, 0.25) is 0 Å². The number of aromatic nitrogens is 1. The Morgan fingerprint density at radius 1 is 1.48 bits per heavy atom. The highest BCUT2D eigenvalue weighted by Gasteiger charge is 2.35. The summed E-state index contributed by atoms with van der Waals surface area (Å²) in [6.07, 6.45) is 6.97. The lowest BCUT2D eigenvalue weighted by Gasteiger charge is -2.40. The van der Waals surface area contributed by atoms with Crippen LogP contribution in [0.15, 0.2) is 18.5 Å². The van der Waals surface area contributed by atoms with Crippen LogP contribution in [0.4, 0.5) is 5.69 Å². The second kappa shape index (κ2) is 6.89. The highest BCUT2D eigenvalue weighted by Crippen LogP contribution is 2.31. The number of hydrogen-bond acceptors (Lipinski definition) is 4. The molecule has 2 N–H and O–H groups in total. The SMILES string of the molecule is CCC1(CC)CC(NC(=O)c2cnccc2NC)CCO1. The van der Waals surface area contributed by atoms with Gasteiger partial charge in [0, 0.05) is 37.8 Å².